The summed E-state index contributed by atoms with van der Waals surface area (Å²) in [5.74, 6) is 3.18. The van der Waals surface area contributed by atoms with Gasteiger partial charge in [-0.3, -0.25) is 9.78 Å². The van der Waals surface area contributed by atoms with Crippen molar-refractivity contribution in [2.75, 3.05) is 0 Å². The van der Waals surface area contributed by atoms with E-state index in [0.717, 1.165) is 86.1 Å². The Kier molecular flexibility index (Phi) is 15.4. The molecule has 0 saturated heterocycles. The number of thiophene rings is 1. The summed E-state index contributed by atoms with van der Waals surface area (Å²) in [4.78, 5) is 20.9. The van der Waals surface area contributed by atoms with Crippen LogP contribution in [0.1, 0.15) is 79.7 Å². The molecule has 1 N–H and O–H groups in total. The summed E-state index contributed by atoms with van der Waals surface area (Å²) < 4.78 is 14.0. The molecule has 10 rings (SSSR count). The number of nitrogens with zero attached hydrogens (tertiary/aromatic N) is 2. The first-order valence-electron chi connectivity index (χ1n) is 22.8. The molecule has 0 spiro atoms. The Bertz CT molecular complexity index is 2940. The zero-order chi connectivity index (χ0) is 45.7. The quantitative estimate of drug-likeness (QED) is 0.0671. The van der Waals surface area contributed by atoms with Gasteiger partial charge in [0.15, 0.2) is 10.8 Å². The number of para-hydroxylation sites is 1. The summed E-state index contributed by atoms with van der Waals surface area (Å²) in [5.41, 5.74) is 8.73. The van der Waals surface area contributed by atoms with Gasteiger partial charge in [0, 0.05) is 66.3 Å². The van der Waals surface area contributed by atoms with Gasteiger partial charge < -0.3 is 19.6 Å². The molecule has 0 fully saturated rings. The van der Waals surface area contributed by atoms with Gasteiger partial charge in [-0.25, -0.2) is 0 Å². The topological polar surface area (TPSA) is 81.5 Å². The van der Waals surface area contributed by atoms with Crippen molar-refractivity contribution < 1.29 is 39.5 Å². The number of ketones is 1. The number of aromatic nitrogens is 2. The second-order valence-electron chi connectivity index (χ2n) is 17.6. The average molecular weight is 1070 g/mol. The number of pyridine rings is 2. The van der Waals surface area contributed by atoms with Gasteiger partial charge in [-0.1, -0.05) is 114 Å². The molecular formula is C57H55BIrN2O4S-2. The van der Waals surface area contributed by atoms with Crippen LogP contribution >= 0.6 is 11.3 Å². The second-order valence-corrected chi connectivity index (χ2v) is 18.5. The van der Waals surface area contributed by atoms with Crippen molar-refractivity contribution >= 4 is 61.1 Å². The third-order valence-corrected chi connectivity index (χ3v) is 13.5. The molecule has 1 radical (unpaired) electrons. The number of carbonyl (C=O) groups is 1. The SMILES string of the molecule is CC(C)(C)c1cc(-c2nccc3c4c(sc23)Oc2cccc3c2B4c2ccccc2O3)[c-]c2ccccc12.CCC(CC)C(=O)/C=C(\O)C(CC)CC.[Ir].[c-]1ccccc1-c1ccccn1. The van der Waals surface area contributed by atoms with Crippen LogP contribution < -0.4 is 25.9 Å². The van der Waals surface area contributed by atoms with Crippen LogP contribution in [-0.2, 0) is 30.3 Å². The Labute approximate surface area is 407 Å². The van der Waals surface area contributed by atoms with Gasteiger partial charge in [0.2, 0.25) is 0 Å². The monoisotopic (exact) mass is 1070 g/mol. The van der Waals surface area contributed by atoms with Crippen molar-refractivity contribution in [3.05, 3.63) is 163 Å². The smallest absolute Gasteiger partial charge is 0.262 e. The van der Waals surface area contributed by atoms with Gasteiger partial charge in [-0.05, 0) is 83.4 Å². The number of fused-ring (bicyclic) bond motifs is 7. The molecule has 5 heterocycles. The van der Waals surface area contributed by atoms with Crippen molar-refractivity contribution in [3.63, 3.8) is 0 Å². The van der Waals surface area contributed by atoms with E-state index in [1.54, 1.807) is 17.5 Å². The molecule has 5 aromatic carbocycles. The molecular weight excluding hydrogens is 1010 g/mol. The Morgan fingerprint density at radius 2 is 1.41 bits per heavy atom. The number of aliphatic hydroxyl groups is 1. The molecule has 0 bridgehead atoms. The molecule has 8 aromatic rings. The molecule has 0 aliphatic carbocycles. The molecule has 0 unspecified atom stereocenters. The standard InChI is InChI=1S/C33H23BNO2S.C13H24O2.C11H8N.Ir/c1-33(2,3)23-18-20(17-19-9-4-5-10-21(19)23)30-31-22(15-16-35-30)28-32(38-31)37-27-14-8-13-26-29(27)34(28)24-11-6-7-12-25(24)36-26;1-5-10(6-2)12(14)9-13(15)11(7-3)8-4;1-2-6-10(7-3-1)11-8-4-5-9-12-11;/h4-16,18H,1-3H3;9-11,14H,5-8H2,1-4H3;1-6,8-9H;/q-1;;-1;/b;12-9-;;. The molecule has 9 heteroatoms. The molecule has 3 aromatic heterocycles. The van der Waals surface area contributed by atoms with Crippen LogP contribution in [0.2, 0.25) is 0 Å². The van der Waals surface area contributed by atoms with E-state index in [4.69, 9.17) is 14.5 Å². The molecule has 0 saturated carbocycles. The van der Waals surface area contributed by atoms with Gasteiger partial charge in [-0.2, -0.15) is 0 Å². The normalized spacial score (nSPS) is 12.4. The summed E-state index contributed by atoms with van der Waals surface area (Å²) in [6.07, 6.45) is 8.62. The van der Waals surface area contributed by atoms with Crippen molar-refractivity contribution in [3.8, 4) is 44.8 Å². The minimum absolute atomic E-state index is 0. The van der Waals surface area contributed by atoms with E-state index >= 15 is 0 Å². The van der Waals surface area contributed by atoms with Crippen LogP contribution in [0.5, 0.6) is 22.3 Å². The van der Waals surface area contributed by atoms with Crippen LogP contribution in [0.4, 0.5) is 0 Å². The predicted molar refractivity (Wildman–Crippen MR) is 270 cm³/mol. The van der Waals surface area contributed by atoms with E-state index in [1.165, 1.54) is 33.3 Å². The Hall–Kier alpha value is -5.86. The molecule has 337 valence electrons. The van der Waals surface area contributed by atoms with Crippen molar-refractivity contribution in [1.82, 2.24) is 9.97 Å². The Morgan fingerprint density at radius 3 is 2.11 bits per heavy atom. The van der Waals surface area contributed by atoms with Crippen molar-refractivity contribution in [2.45, 2.75) is 79.6 Å². The van der Waals surface area contributed by atoms with Crippen LogP contribution in [0, 0.1) is 24.0 Å². The van der Waals surface area contributed by atoms with E-state index in [0.29, 0.717) is 0 Å². The largest absolute Gasteiger partial charge is 0.512 e. The number of carbonyl (C=O) groups excluding carboxylic acids is 1. The average Bonchev–Trinajstić information content (AvgIpc) is 3.71. The number of hydrogen-bond donors (Lipinski definition) is 1. The van der Waals surface area contributed by atoms with Crippen molar-refractivity contribution in [1.29, 1.82) is 0 Å². The fourth-order valence-electron chi connectivity index (χ4n) is 8.87. The van der Waals surface area contributed by atoms with E-state index in [1.807, 2.05) is 101 Å². The summed E-state index contributed by atoms with van der Waals surface area (Å²) in [5, 5.41) is 14.2. The summed E-state index contributed by atoms with van der Waals surface area (Å²) in [6.45, 7) is 14.9. The Balaban J connectivity index is 0.000000191. The number of ether oxygens (including phenoxy) is 2. The van der Waals surface area contributed by atoms with Gasteiger partial charge in [0.25, 0.3) is 6.71 Å². The molecule has 6 nitrogen and oxygen atoms in total. The molecule has 2 aliphatic heterocycles. The first kappa shape index (κ1) is 48.1. The van der Waals surface area contributed by atoms with Crippen molar-refractivity contribution in [2.24, 2.45) is 11.8 Å². The third kappa shape index (κ3) is 9.95. The Morgan fingerprint density at radius 1 is 0.727 bits per heavy atom. The first-order valence-corrected chi connectivity index (χ1v) is 23.6. The molecule has 0 atom stereocenters. The van der Waals surface area contributed by atoms with Crippen LogP contribution in [0.15, 0.2) is 146 Å². The molecule has 0 amide bonds. The minimum Gasteiger partial charge on any atom is -0.512 e. The fourth-order valence-corrected chi connectivity index (χ4v) is 10.1. The van der Waals surface area contributed by atoms with E-state index in [9.17, 15) is 9.90 Å². The number of allylic oxidation sites excluding steroid dienone is 2. The predicted octanol–water partition coefficient (Wildman–Crippen LogP) is 13.4. The summed E-state index contributed by atoms with van der Waals surface area (Å²) in [7, 11) is 0. The maximum Gasteiger partial charge on any atom is 0.262 e. The van der Waals surface area contributed by atoms with Crippen LogP contribution in [0.25, 0.3) is 43.4 Å². The third-order valence-electron chi connectivity index (χ3n) is 12.4. The minimum atomic E-state index is -0.0149. The van der Waals surface area contributed by atoms with Crippen LogP contribution in [-0.4, -0.2) is 27.6 Å². The summed E-state index contributed by atoms with van der Waals surface area (Å²) in [6, 6.07) is 47.9. The zero-order valence-corrected chi connectivity index (χ0v) is 41.9. The van der Waals surface area contributed by atoms with Gasteiger partial charge in [0.05, 0.1) is 5.76 Å². The molecule has 2 aliphatic rings. The molecule has 66 heavy (non-hydrogen) atoms. The van der Waals surface area contributed by atoms with E-state index in [-0.39, 0.29) is 55.6 Å². The van der Waals surface area contributed by atoms with Gasteiger partial charge in [-0.15, -0.1) is 76.4 Å². The first-order chi connectivity index (χ1) is 31.5. The second kappa shape index (κ2) is 21.2. The van der Waals surface area contributed by atoms with E-state index in [2.05, 4.69) is 92.5 Å². The number of aliphatic hydroxyl groups excluding tert-OH is 1. The van der Waals surface area contributed by atoms with Gasteiger partial charge >= 0.3 is 0 Å². The maximum atomic E-state index is 11.7. The number of rotatable bonds is 9. The maximum absolute atomic E-state index is 11.7. The number of hydrogen-bond acceptors (Lipinski definition) is 7. The zero-order valence-electron chi connectivity index (χ0n) is 38.6. The fraction of sp³-hybridized carbons (Fsp3) is 0.246. The summed E-state index contributed by atoms with van der Waals surface area (Å²) >= 11 is 1.68. The van der Waals surface area contributed by atoms with E-state index < -0.39 is 0 Å². The van der Waals surface area contributed by atoms with Gasteiger partial charge in [0.1, 0.15) is 17.2 Å². The number of benzene rings is 5. The van der Waals surface area contributed by atoms with Crippen LogP contribution in [0.3, 0.4) is 0 Å².